The first-order valence-electron chi connectivity index (χ1n) is 8.20. The average Bonchev–Trinajstić information content (AvgIpc) is 2.68. The van der Waals surface area contributed by atoms with E-state index in [9.17, 15) is 5.26 Å². The van der Waals surface area contributed by atoms with Gasteiger partial charge in [0.2, 0.25) is 0 Å². The Morgan fingerprint density at radius 3 is 2.26 bits per heavy atom. The van der Waals surface area contributed by atoms with E-state index in [2.05, 4.69) is 16.3 Å². The van der Waals surface area contributed by atoms with Crippen molar-refractivity contribution in [3.8, 4) is 6.07 Å². The molecule has 1 aliphatic heterocycles. The fraction of sp³-hybridized carbons (Fsp3) is 0.938. The van der Waals surface area contributed by atoms with Gasteiger partial charge in [-0.1, -0.05) is 0 Å². The van der Waals surface area contributed by atoms with Gasteiger partial charge in [0.1, 0.15) is 5.54 Å². The number of rotatable bonds is 1. The highest BCUT2D eigenvalue weighted by Crippen LogP contribution is 2.60. The normalized spacial score (nSPS) is 49.8. The van der Waals surface area contributed by atoms with E-state index < -0.39 is 0 Å². The van der Waals surface area contributed by atoms with Crippen molar-refractivity contribution in [2.45, 2.75) is 44.1 Å². The first-order valence-corrected chi connectivity index (χ1v) is 8.20. The molecule has 1 heterocycles. The number of nitriles is 1. The van der Waals surface area contributed by atoms with Crippen LogP contribution >= 0.6 is 0 Å². The Kier molecular flexibility index (Phi) is 2.86. The van der Waals surface area contributed by atoms with Crippen molar-refractivity contribution in [1.82, 2.24) is 10.2 Å². The minimum atomic E-state index is -0.0978. The molecule has 1 N–H and O–H groups in total. The van der Waals surface area contributed by atoms with Crippen molar-refractivity contribution in [2.24, 2.45) is 23.7 Å². The Hall–Kier alpha value is -0.590. The van der Waals surface area contributed by atoms with Gasteiger partial charge in [-0.3, -0.25) is 4.90 Å². The van der Waals surface area contributed by atoms with Gasteiger partial charge in [0.25, 0.3) is 0 Å². The fourth-order valence-electron chi connectivity index (χ4n) is 5.89. The number of nitrogens with one attached hydrogen (secondary N) is 1. The van der Waals surface area contributed by atoms with Gasteiger partial charge in [0.15, 0.2) is 0 Å². The second-order valence-electron chi connectivity index (χ2n) is 7.33. The van der Waals surface area contributed by atoms with E-state index >= 15 is 0 Å². The maximum Gasteiger partial charge on any atom is 0.114 e. The molecule has 0 aromatic carbocycles. The molecular formula is C16H25N3. The third-order valence-electron chi connectivity index (χ3n) is 6.43. The van der Waals surface area contributed by atoms with E-state index in [0.29, 0.717) is 11.8 Å². The van der Waals surface area contributed by atoms with Gasteiger partial charge < -0.3 is 5.32 Å². The summed E-state index contributed by atoms with van der Waals surface area (Å²) in [4.78, 5) is 2.58. The second kappa shape index (κ2) is 4.46. The van der Waals surface area contributed by atoms with Crippen LogP contribution in [0.15, 0.2) is 0 Å². The molecule has 0 spiro atoms. The first kappa shape index (κ1) is 12.2. The Bertz CT molecular complexity index is 361. The highest BCUT2D eigenvalue weighted by Gasteiger charge is 2.60. The lowest BCUT2D eigenvalue weighted by molar-refractivity contribution is -0.104. The minimum absolute atomic E-state index is 0.0978. The summed E-state index contributed by atoms with van der Waals surface area (Å²) in [7, 11) is 0. The van der Waals surface area contributed by atoms with Crippen LogP contribution in [-0.4, -0.2) is 36.6 Å². The lowest BCUT2D eigenvalue weighted by atomic mass is 9.48. The Labute approximate surface area is 116 Å². The maximum absolute atomic E-state index is 10.1. The van der Waals surface area contributed by atoms with Gasteiger partial charge >= 0.3 is 0 Å². The van der Waals surface area contributed by atoms with Crippen LogP contribution in [0.2, 0.25) is 0 Å². The molecule has 0 amide bonds. The predicted molar refractivity (Wildman–Crippen MR) is 74.4 cm³/mol. The molecule has 5 rings (SSSR count). The van der Waals surface area contributed by atoms with Gasteiger partial charge in [-0.2, -0.15) is 5.26 Å². The average molecular weight is 259 g/mol. The summed E-state index contributed by atoms with van der Waals surface area (Å²) >= 11 is 0. The molecule has 0 aromatic heterocycles. The molecule has 104 valence electrons. The summed E-state index contributed by atoms with van der Waals surface area (Å²) in [6.07, 6.45) is 8.02. The van der Waals surface area contributed by atoms with E-state index in [-0.39, 0.29) is 5.54 Å². The lowest BCUT2D eigenvalue weighted by Crippen LogP contribution is -2.65. The van der Waals surface area contributed by atoms with E-state index in [1.54, 1.807) is 0 Å². The zero-order valence-corrected chi connectivity index (χ0v) is 11.8. The molecule has 4 aliphatic carbocycles. The third kappa shape index (κ3) is 1.69. The van der Waals surface area contributed by atoms with Crippen LogP contribution in [0.1, 0.15) is 38.5 Å². The topological polar surface area (TPSA) is 39.1 Å². The second-order valence-corrected chi connectivity index (χ2v) is 7.33. The Morgan fingerprint density at radius 2 is 1.63 bits per heavy atom. The molecule has 19 heavy (non-hydrogen) atoms. The molecule has 3 heteroatoms. The van der Waals surface area contributed by atoms with Crippen molar-refractivity contribution >= 4 is 0 Å². The van der Waals surface area contributed by atoms with Crippen molar-refractivity contribution in [1.29, 1.82) is 5.26 Å². The van der Waals surface area contributed by atoms with E-state index in [4.69, 9.17) is 0 Å². The molecule has 5 fully saturated rings. The van der Waals surface area contributed by atoms with Crippen LogP contribution in [0.5, 0.6) is 0 Å². The third-order valence-corrected chi connectivity index (χ3v) is 6.43. The number of hydrogen-bond donors (Lipinski definition) is 1. The highest BCUT2D eigenvalue weighted by molar-refractivity contribution is 5.22. The largest absolute Gasteiger partial charge is 0.315 e. The Morgan fingerprint density at radius 1 is 0.947 bits per heavy atom. The zero-order chi connectivity index (χ0) is 12.9. The smallest absolute Gasteiger partial charge is 0.114 e. The summed E-state index contributed by atoms with van der Waals surface area (Å²) in [6, 6.07) is 2.86. The molecule has 0 radical (unpaired) electrons. The van der Waals surface area contributed by atoms with Gasteiger partial charge in [-0.25, -0.2) is 0 Å². The molecule has 1 saturated heterocycles. The van der Waals surface area contributed by atoms with Gasteiger partial charge in [-0.05, 0) is 68.7 Å². The molecule has 0 unspecified atom stereocenters. The molecular weight excluding hydrogens is 234 g/mol. The molecule has 3 nitrogen and oxygen atoms in total. The SMILES string of the molecule is N#CC1(N2CCCNCC2)C2CC3CC(C2)CC1C3. The summed E-state index contributed by atoms with van der Waals surface area (Å²) in [6.45, 7) is 4.40. The number of hydrogen-bond acceptors (Lipinski definition) is 3. The zero-order valence-electron chi connectivity index (χ0n) is 11.8. The Balaban J connectivity index is 1.67. The molecule has 4 bridgehead atoms. The molecule has 5 aliphatic rings. The van der Waals surface area contributed by atoms with Gasteiger partial charge in [0.05, 0.1) is 6.07 Å². The van der Waals surface area contributed by atoms with Gasteiger partial charge in [0, 0.05) is 19.6 Å². The van der Waals surface area contributed by atoms with Crippen LogP contribution in [0.3, 0.4) is 0 Å². The quantitative estimate of drug-likeness (QED) is 0.783. The summed E-state index contributed by atoms with van der Waals surface area (Å²) in [5.41, 5.74) is -0.0978. The van der Waals surface area contributed by atoms with Crippen LogP contribution in [0.25, 0.3) is 0 Å². The van der Waals surface area contributed by atoms with Crippen LogP contribution in [0, 0.1) is 35.0 Å². The van der Waals surface area contributed by atoms with Crippen molar-refractivity contribution in [3.63, 3.8) is 0 Å². The first-order chi connectivity index (χ1) is 9.33. The summed E-state index contributed by atoms with van der Waals surface area (Å²) < 4.78 is 0. The van der Waals surface area contributed by atoms with E-state index in [0.717, 1.165) is 38.0 Å². The minimum Gasteiger partial charge on any atom is -0.315 e. The standard InChI is InChI=1S/C16H25N3/c17-11-16(19-4-1-2-18-3-5-19)14-7-12-6-13(9-14)10-15(16)8-12/h12-15,18H,1-10H2. The number of nitrogens with zero attached hydrogens (tertiary/aromatic N) is 2. The highest BCUT2D eigenvalue weighted by atomic mass is 15.2. The monoisotopic (exact) mass is 259 g/mol. The summed E-state index contributed by atoms with van der Waals surface area (Å²) in [5, 5.41) is 13.6. The molecule has 0 atom stereocenters. The van der Waals surface area contributed by atoms with E-state index in [1.807, 2.05) is 0 Å². The lowest BCUT2D eigenvalue weighted by Gasteiger charge is -2.61. The van der Waals surface area contributed by atoms with Crippen molar-refractivity contribution < 1.29 is 0 Å². The van der Waals surface area contributed by atoms with Crippen molar-refractivity contribution in [3.05, 3.63) is 0 Å². The molecule has 0 aromatic rings. The van der Waals surface area contributed by atoms with E-state index in [1.165, 1.54) is 38.5 Å². The fourth-order valence-corrected chi connectivity index (χ4v) is 5.89. The maximum atomic E-state index is 10.1. The van der Waals surface area contributed by atoms with Crippen LogP contribution in [-0.2, 0) is 0 Å². The van der Waals surface area contributed by atoms with Crippen LogP contribution < -0.4 is 5.32 Å². The predicted octanol–water partition coefficient (Wildman–Crippen LogP) is 2.00. The van der Waals surface area contributed by atoms with Crippen LogP contribution in [0.4, 0.5) is 0 Å². The molecule has 4 saturated carbocycles. The van der Waals surface area contributed by atoms with Gasteiger partial charge in [-0.15, -0.1) is 0 Å². The van der Waals surface area contributed by atoms with Crippen molar-refractivity contribution in [2.75, 3.05) is 26.2 Å². The summed E-state index contributed by atoms with van der Waals surface area (Å²) in [5.74, 6) is 3.25.